The average Bonchev–Trinajstić information content (AvgIpc) is 2.90. The summed E-state index contributed by atoms with van der Waals surface area (Å²) < 4.78 is 16.7. The van der Waals surface area contributed by atoms with Gasteiger partial charge < -0.3 is 19.3 Å². The molecule has 0 aliphatic carbocycles. The fourth-order valence-electron chi connectivity index (χ4n) is 2.52. The second-order valence-electron chi connectivity index (χ2n) is 4.82. The van der Waals surface area contributed by atoms with Crippen LogP contribution in [0, 0.1) is 0 Å². The maximum atomic E-state index is 10.3. The van der Waals surface area contributed by atoms with Crippen molar-refractivity contribution in [1.82, 2.24) is 0 Å². The van der Waals surface area contributed by atoms with E-state index in [-0.39, 0.29) is 6.10 Å². The lowest BCUT2D eigenvalue weighted by Gasteiger charge is -2.35. The van der Waals surface area contributed by atoms with Crippen LogP contribution >= 0.6 is 0 Å². The van der Waals surface area contributed by atoms with Crippen LogP contribution in [-0.2, 0) is 20.8 Å². The molecule has 0 unspecified atom stereocenters. The van der Waals surface area contributed by atoms with E-state index in [0.29, 0.717) is 13.2 Å². The van der Waals surface area contributed by atoms with E-state index in [0.717, 1.165) is 5.56 Å². The van der Waals surface area contributed by atoms with Gasteiger partial charge in [-0.25, -0.2) is 0 Å². The van der Waals surface area contributed by atoms with E-state index in [1.54, 1.807) is 0 Å². The molecular weight excluding hydrogens is 262 g/mol. The van der Waals surface area contributed by atoms with Gasteiger partial charge in [-0.05, 0) is 11.1 Å². The Morgan fingerprint density at radius 2 is 2.20 bits per heavy atom. The molecule has 7 nitrogen and oxygen atoms in total. The third-order valence-corrected chi connectivity index (χ3v) is 3.54. The van der Waals surface area contributed by atoms with Gasteiger partial charge in [-0.15, -0.1) is 0 Å². The molecular formula is C13H15N3O4. The normalized spacial score (nSPS) is 35.5. The third-order valence-electron chi connectivity index (χ3n) is 3.54. The van der Waals surface area contributed by atoms with Gasteiger partial charge in [0.2, 0.25) is 0 Å². The number of rotatable bonds is 4. The van der Waals surface area contributed by atoms with Crippen LogP contribution in [0.15, 0.2) is 35.4 Å². The molecule has 0 radical (unpaired) electrons. The van der Waals surface area contributed by atoms with Gasteiger partial charge in [0.15, 0.2) is 6.29 Å². The molecule has 0 saturated carbocycles. The zero-order valence-electron chi connectivity index (χ0n) is 10.7. The van der Waals surface area contributed by atoms with Crippen LogP contribution in [0.4, 0.5) is 0 Å². The monoisotopic (exact) mass is 277 g/mol. The Morgan fingerprint density at radius 1 is 1.40 bits per heavy atom. The Labute approximate surface area is 115 Å². The Hall–Kier alpha value is -1.63. The lowest BCUT2D eigenvalue weighted by molar-refractivity contribution is -0.195. The van der Waals surface area contributed by atoms with E-state index < -0.39 is 24.5 Å². The molecule has 3 rings (SSSR count). The summed E-state index contributed by atoms with van der Waals surface area (Å²) in [6, 6.07) is 8.87. The molecule has 0 aromatic heterocycles. The molecule has 2 heterocycles. The fourth-order valence-corrected chi connectivity index (χ4v) is 2.52. The Balaban J connectivity index is 1.70. The van der Waals surface area contributed by atoms with Crippen molar-refractivity contribution in [2.45, 2.75) is 37.3 Å². The van der Waals surface area contributed by atoms with Crippen molar-refractivity contribution in [3.8, 4) is 0 Å². The van der Waals surface area contributed by atoms with Crippen LogP contribution in [0.3, 0.4) is 0 Å². The van der Waals surface area contributed by atoms with Crippen LogP contribution < -0.4 is 0 Å². The summed E-state index contributed by atoms with van der Waals surface area (Å²) >= 11 is 0. The van der Waals surface area contributed by atoms with E-state index in [2.05, 4.69) is 10.0 Å². The first-order valence-electron chi connectivity index (χ1n) is 6.44. The van der Waals surface area contributed by atoms with E-state index in [1.165, 1.54) is 0 Å². The molecule has 1 aromatic rings. The lowest BCUT2D eigenvalue weighted by atomic mass is 9.99. The van der Waals surface area contributed by atoms with Crippen molar-refractivity contribution >= 4 is 0 Å². The number of ether oxygens (including phenoxy) is 3. The minimum absolute atomic E-state index is 0.330. The summed E-state index contributed by atoms with van der Waals surface area (Å²) in [6.07, 6.45) is -2.50. The van der Waals surface area contributed by atoms with Crippen molar-refractivity contribution in [2.75, 3.05) is 6.61 Å². The number of hydrogen-bond donors (Lipinski definition) is 1. The molecule has 2 bridgehead atoms. The van der Waals surface area contributed by atoms with Crippen LogP contribution in [-0.4, -0.2) is 42.4 Å². The van der Waals surface area contributed by atoms with Crippen LogP contribution in [0.5, 0.6) is 0 Å². The summed E-state index contributed by atoms with van der Waals surface area (Å²) in [7, 11) is 0. The lowest BCUT2D eigenvalue weighted by Crippen LogP contribution is -2.53. The van der Waals surface area contributed by atoms with E-state index in [4.69, 9.17) is 19.7 Å². The van der Waals surface area contributed by atoms with Gasteiger partial charge >= 0.3 is 0 Å². The van der Waals surface area contributed by atoms with Gasteiger partial charge in [-0.3, -0.25) is 0 Å². The zero-order valence-corrected chi connectivity index (χ0v) is 10.7. The minimum Gasteiger partial charge on any atom is -0.390 e. The number of hydrogen-bond acceptors (Lipinski definition) is 5. The number of aliphatic hydroxyl groups is 1. The van der Waals surface area contributed by atoms with E-state index >= 15 is 0 Å². The Bertz CT molecular complexity index is 506. The predicted molar refractivity (Wildman–Crippen MR) is 68.6 cm³/mol. The molecule has 2 aliphatic rings. The zero-order chi connectivity index (χ0) is 13.9. The molecule has 2 saturated heterocycles. The number of nitrogens with zero attached hydrogens (tertiary/aromatic N) is 3. The van der Waals surface area contributed by atoms with Crippen molar-refractivity contribution in [3.63, 3.8) is 0 Å². The van der Waals surface area contributed by atoms with E-state index in [1.807, 2.05) is 30.3 Å². The van der Waals surface area contributed by atoms with Crippen molar-refractivity contribution in [3.05, 3.63) is 46.3 Å². The second kappa shape index (κ2) is 5.78. The first-order valence-corrected chi connectivity index (χ1v) is 6.44. The Morgan fingerprint density at radius 3 is 2.95 bits per heavy atom. The number of aliphatic hydroxyl groups excluding tert-OH is 1. The highest BCUT2D eigenvalue weighted by atomic mass is 16.7. The first kappa shape index (κ1) is 13.4. The molecule has 1 aromatic carbocycles. The first-order chi connectivity index (χ1) is 9.79. The molecule has 1 N–H and O–H groups in total. The molecule has 2 fully saturated rings. The molecule has 7 heteroatoms. The van der Waals surface area contributed by atoms with Gasteiger partial charge in [-0.2, -0.15) is 0 Å². The van der Waals surface area contributed by atoms with Gasteiger partial charge in [0, 0.05) is 4.91 Å². The molecule has 5 atom stereocenters. The number of benzene rings is 1. The number of fused-ring (bicyclic) bond motifs is 2. The SMILES string of the molecule is [N-]=[N+]=N[C@H]1[C@@H]2OC[C@@H](O2)[C@@H](OCc2ccccc2)[C@H]1O. The summed E-state index contributed by atoms with van der Waals surface area (Å²) in [6.45, 7) is 0.689. The van der Waals surface area contributed by atoms with Gasteiger partial charge in [0.05, 0.1) is 19.3 Å². The summed E-state index contributed by atoms with van der Waals surface area (Å²) in [4.78, 5) is 2.73. The quantitative estimate of drug-likeness (QED) is 0.510. The fraction of sp³-hybridized carbons (Fsp3) is 0.538. The molecule has 106 valence electrons. The number of azide groups is 1. The largest absolute Gasteiger partial charge is 0.390 e. The summed E-state index contributed by atoms with van der Waals surface area (Å²) in [5.74, 6) is 0. The van der Waals surface area contributed by atoms with Crippen molar-refractivity contribution in [1.29, 1.82) is 0 Å². The average molecular weight is 277 g/mol. The van der Waals surface area contributed by atoms with Gasteiger partial charge in [0.1, 0.15) is 18.2 Å². The van der Waals surface area contributed by atoms with E-state index in [9.17, 15) is 5.11 Å². The highest BCUT2D eigenvalue weighted by Crippen LogP contribution is 2.32. The summed E-state index contributed by atoms with van der Waals surface area (Å²) in [5.41, 5.74) is 9.55. The van der Waals surface area contributed by atoms with Crippen LogP contribution in [0.25, 0.3) is 10.4 Å². The maximum Gasteiger partial charge on any atom is 0.169 e. The van der Waals surface area contributed by atoms with Crippen molar-refractivity contribution in [2.24, 2.45) is 5.11 Å². The smallest absolute Gasteiger partial charge is 0.169 e. The van der Waals surface area contributed by atoms with Gasteiger partial charge in [-0.1, -0.05) is 35.4 Å². The van der Waals surface area contributed by atoms with Crippen LogP contribution in [0.1, 0.15) is 5.56 Å². The Kier molecular flexibility index (Phi) is 3.86. The second-order valence-corrected chi connectivity index (χ2v) is 4.82. The molecule has 0 spiro atoms. The van der Waals surface area contributed by atoms with Gasteiger partial charge in [0.25, 0.3) is 0 Å². The topological polar surface area (TPSA) is 96.7 Å². The third kappa shape index (κ3) is 2.49. The van der Waals surface area contributed by atoms with Crippen molar-refractivity contribution < 1.29 is 19.3 Å². The van der Waals surface area contributed by atoms with Crippen LogP contribution in [0.2, 0.25) is 0 Å². The summed E-state index contributed by atoms with van der Waals surface area (Å²) in [5, 5.41) is 13.8. The minimum atomic E-state index is -0.930. The molecule has 20 heavy (non-hydrogen) atoms. The predicted octanol–water partition coefficient (Wildman–Crippen LogP) is 1.37. The standard InChI is InChI=1S/C13H15N3O4/c14-16-15-10-11(17)12(9-7-19-13(10)20-9)18-6-8-4-2-1-3-5-8/h1-5,9-13,17H,6-7H2/t9-,10-,11+,12-,13-/m1/s1. The highest BCUT2D eigenvalue weighted by molar-refractivity contribution is 5.13. The maximum absolute atomic E-state index is 10.3. The molecule has 0 amide bonds. The highest BCUT2D eigenvalue weighted by Gasteiger charge is 2.50. The molecule has 2 aliphatic heterocycles.